The molecule has 112 valence electrons. The molecule has 1 N–H and O–H groups in total. The van der Waals surface area contributed by atoms with Gasteiger partial charge in [0.1, 0.15) is 0 Å². The second-order valence-corrected chi connectivity index (χ2v) is 7.82. The Hall–Kier alpha value is -1.02. The highest BCUT2D eigenvalue weighted by Crippen LogP contribution is 2.53. The van der Waals surface area contributed by atoms with Gasteiger partial charge < -0.3 is 5.32 Å². The lowest BCUT2D eigenvalue weighted by atomic mass is 9.54. The molecule has 4 saturated carbocycles. The number of carbonyl (C=O) groups excluding carboxylic acids is 1. The maximum absolute atomic E-state index is 12.6. The van der Waals surface area contributed by atoms with Crippen molar-refractivity contribution < 1.29 is 4.79 Å². The molecule has 4 aliphatic carbocycles. The molecule has 2 nitrogen and oxygen atoms in total. The number of hydrogen-bond donors (Lipinski definition) is 1. The summed E-state index contributed by atoms with van der Waals surface area (Å²) in [6, 6.07) is 6.05. The summed E-state index contributed by atoms with van der Waals surface area (Å²) in [5.74, 6) is 3.29. The van der Waals surface area contributed by atoms with E-state index in [-0.39, 0.29) is 5.91 Å². The fourth-order valence-corrected chi connectivity index (χ4v) is 5.52. The van der Waals surface area contributed by atoms with Crippen LogP contribution in [0.25, 0.3) is 0 Å². The predicted octanol–water partition coefficient (Wildman–Crippen LogP) is 4.20. The number of aryl methyl sites for hydroxylation is 1. The zero-order valence-corrected chi connectivity index (χ0v) is 13.2. The molecule has 0 aromatic heterocycles. The first-order valence-corrected chi connectivity index (χ1v) is 8.55. The Morgan fingerprint density at radius 3 is 2.29 bits per heavy atom. The minimum absolute atomic E-state index is 0.0115. The Kier molecular flexibility index (Phi) is 3.25. The highest BCUT2D eigenvalue weighted by atomic mass is 35.5. The Bertz CT molecular complexity index is 555. The van der Waals surface area contributed by atoms with Gasteiger partial charge in [0.05, 0.1) is 10.6 Å². The molecule has 4 aliphatic rings. The second kappa shape index (κ2) is 5.01. The van der Waals surface area contributed by atoms with Crippen molar-refractivity contribution in [3.8, 4) is 0 Å². The largest absolute Gasteiger partial charge is 0.349 e. The summed E-state index contributed by atoms with van der Waals surface area (Å²) < 4.78 is 0. The van der Waals surface area contributed by atoms with Gasteiger partial charge in [-0.2, -0.15) is 0 Å². The summed E-state index contributed by atoms with van der Waals surface area (Å²) in [5, 5.41) is 3.88. The van der Waals surface area contributed by atoms with Crippen molar-refractivity contribution in [2.45, 2.75) is 45.1 Å². The average Bonchev–Trinajstić information content (AvgIpc) is 2.41. The monoisotopic (exact) mass is 303 g/mol. The van der Waals surface area contributed by atoms with Crippen molar-refractivity contribution in [1.29, 1.82) is 0 Å². The fourth-order valence-electron chi connectivity index (χ4n) is 5.19. The lowest BCUT2D eigenvalue weighted by molar-refractivity contribution is -0.0119. The summed E-state index contributed by atoms with van der Waals surface area (Å²) in [5.41, 5.74) is 1.71. The van der Waals surface area contributed by atoms with Gasteiger partial charge in [-0.1, -0.05) is 17.7 Å². The molecular formula is C18H22ClNO. The number of hydrogen-bond acceptors (Lipinski definition) is 1. The van der Waals surface area contributed by atoms with Crippen LogP contribution in [0.5, 0.6) is 0 Å². The van der Waals surface area contributed by atoms with Crippen LogP contribution < -0.4 is 5.32 Å². The second-order valence-electron chi connectivity index (χ2n) is 7.41. The van der Waals surface area contributed by atoms with Crippen LogP contribution >= 0.6 is 11.6 Å². The van der Waals surface area contributed by atoms with E-state index >= 15 is 0 Å². The van der Waals surface area contributed by atoms with Crippen molar-refractivity contribution in [2.75, 3.05) is 0 Å². The molecule has 4 fully saturated rings. The standard InChI is InChI=1S/C18H22ClNO/c1-10-2-3-15(16(19)4-10)18(21)20-17-13-6-11-5-12(8-13)9-14(17)7-11/h2-4,11-14,17H,5-9H2,1H3,(H,20,21). The highest BCUT2D eigenvalue weighted by molar-refractivity contribution is 6.33. The molecule has 4 bridgehead atoms. The fraction of sp³-hybridized carbons (Fsp3) is 0.611. The maximum atomic E-state index is 12.6. The van der Waals surface area contributed by atoms with Crippen molar-refractivity contribution in [2.24, 2.45) is 23.7 Å². The Morgan fingerprint density at radius 1 is 1.10 bits per heavy atom. The zero-order valence-electron chi connectivity index (χ0n) is 12.4. The predicted molar refractivity (Wildman–Crippen MR) is 84.5 cm³/mol. The Morgan fingerprint density at radius 2 is 1.71 bits per heavy atom. The minimum atomic E-state index is 0.0115. The average molecular weight is 304 g/mol. The van der Waals surface area contributed by atoms with E-state index < -0.39 is 0 Å². The van der Waals surface area contributed by atoms with Gasteiger partial charge in [-0.3, -0.25) is 4.79 Å². The van der Waals surface area contributed by atoms with E-state index in [9.17, 15) is 4.79 Å². The molecular weight excluding hydrogens is 282 g/mol. The first-order valence-electron chi connectivity index (χ1n) is 8.17. The SMILES string of the molecule is Cc1ccc(C(=O)NC2C3CC4CC(C3)CC2C4)c(Cl)c1. The van der Waals surface area contributed by atoms with Crippen LogP contribution in [0.2, 0.25) is 5.02 Å². The van der Waals surface area contributed by atoms with Crippen LogP contribution in [0.4, 0.5) is 0 Å². The first kappa shape index (κ1) is 13.6. The van der Waals surface area contributed by atoms with Gasteiger partial charge in [0.15, 0.2) is 0 Å². The van der Waals surface area contributed by atoms with Crippen molar-refractivity contribution in [3.05, 3.63) is 34.3 Å². The molecule has 0 unspecified atom stereocenters. The van der Waals surface area contributed by atoms with Gasteiger partial charge in [0.2, 0.25) is 0 Å². The molecule has 5 rings (SSSR count). The van der Waals surface area contributed by atoms with Gasteiger partial charge in [-0.15, -0.1) is 0 Å². The first-order chi connectivity index (χ1) is 10.1. The Labute approximate surface area is 131 Å². The normalized spacial score (nSPS) is 36.8. The maximum Gasteiger partial charge on any atom is 0.253 e. The molecule has 1 amide bonds. The third-order valence-corrected chi connectivity index (χ3v) is 6.21. The summed E-state index contributed by atoms with van der Waals surface area (Å²) in [6.07, 6.45) is 6.72. The van der Waals surface area contributed by atoms with Gasteiger partial charge in [0, 0.05) is 6.04 Å². The molecule has 21 heavy (non-hydrogen) atoms. The molecule has 0 heterocycles. The van der Waals surface area contributed by atoms with E-state index in [2.05, 4.69) is 5.32 Å². The highest BCUT2D eigenvalue weighted by Gasteiger charge is 2.48. The summed E-state index contributed by atoms with van der Waals surface area (Å²) >= 11 is 6.23. The lowest BCUT2D eigenvalue weighted by Crippen LogP contribution is -2.55. The minimum Gasteiger partial charge on any atom is -0.349 e. The van der Waals surface area contributed by atoms with Crippen LogP contribution in [-0.4, -0.2) is 11.9 Å². The number of rotatable bonds is 2. The molecule has 0 radical (unpaired) electrons. The van der Waals surface area contributed by atoms with Gasteiger partial charge in [0.25, 0.3) is 5.91 Å². The van der Waals surface area contributed by atoms with Crippen LogP contribution in [0.15, 0.2) is 18.2 Å². The zero-order chi connectivity index (χ0) is 14.6. The van der Waals surface area contributed by atoms with Crippen LogP contribution in [0.3, 0.4) is 0 Å². The topological polar surface area (TPSA) is 29.1 Å². The number of amides is 1. The van der Waals surface area contributed by atoms with Crippen LogP contribution in [0.1, 0.15) is 48.0 Å². The van der Waals surface area contributed by atoms with Crippen LogP contribution in [-0.2, 0) is 0 Å². The number of nitrogens with one attached hydrogen (secondary N) is 1. The number of halogens is 1. The van der Waals surface area contributed by atoms with Crippen LogP contribution in [0, 0.1) is 30.6 Å². The van der Waals surface area contributed by atoms with E-state index in [1.807, 2.05) is 25.1 Å². The van der Waals surface area contributed by atoms with Gasteiger partial charge in [-0.05, 0) is 80.4 Å². The molecule has 0 atom stereocenters. The molecule has 0 aliphatic heterocycles. The smallest absolute Gasteiger partial charge is 0.253 e. The molecule has 1 aromatic rings. The van der Waals surface area contributed by atoms with E-state index in [0.717, 1.165) is 17.4 Å². The lowest BCUT2D eigenvalue weighted by Gasteiger charge is -2.54. The van der Waals surface area contributed by atoms with Crippen molar-refractivity contribution >= 4 is 17.5 Å². The quantitative estimate of drug-likeness (QED) is 0.871. The molecule has 0 saturated heterocycles. The molecule has 3 heteroatoms. The van der Waals surface area contributed by atoms with Gasteiger partial charge in [-0.25, -0.2) is 0 Å². The third kappa shape index (κ3) is 2.38. The molecule has 0 spiro atoms. The van der Waals surface area contributed by atoms with Gasteiger partial charge >= 0.3 is 0 Å². The number of carbonyl (C=O) groups is 1. The summed E-state index contributed by atoms with van der Waals surface area (Å²) in [6.45, 7) is 1.99. The van der Waals surface area contributed by atoms with Crippen molar-refractivity contribution in [3.63, 3.8) is 0 Å². The summed E-state index contributed by atoms with van der Waals surface area (Å²) in [7, 11) is 0. The van der Waals surface area contributed by atoms with E-state index in [4.69, 9.17) is 11.6 Å². The third-order valence-electron chi connectivity index (χ3n) is 5.89. The van der Waals surface area contributed by atoms with Crippen molar-refractivity contribution in [1.82, 2.24) is 5.32 Å². The summed E-state index contributed by atoms with van der Waals surface area (Å²) in [4.78, 5) is 12.6. The van der Waals surface area contributed by atoms with E-state index in [1.165, 1.54) is 32.1 Å². The van der Waals surface area contributed by atoms with E-state index in [0.29, 0.717) is 28.5 Å². The van der Waals surface area contributed by atoms with E-state index in [1.54, 1.807) is 0 Å². The molecule has 1 aromatic carbocycles. The Balaban J connectivity index is 1.52. The number of benzene rings is 1.